The van der Waals surface area contributed by atoms with Crippen molar-refractivity contribution in [3.63, 3.8) is 0 Å². The van der Waals surface area contributed by atoms with Crippen LogP contribution in [0.4, 0.5) is 22.0 Å². The van der Waals surface area contributed by atoms with E-state index < -0.39 is 57.4 Å². The third-order valence-corrected chi connectivity index (χ3v) is 9.86. The minimum atomic E-state index is -6.89. The van der Waals surface area contributed by atoms with Crippen molar-refractivity contribution in [2.24, 2.45) is 5.92 Å². The third-order valence-electron chi connectivity index (χ3n) is 8.09. The van der Waals surface area contributed by atoms with E-state index in [9.17, 15) is 49.6 Å². The lowest BCUT2D eigenvalue weighted by atomic mass is 9.80. The molecule has 0 radical (unpaired) electrons. The molecule has 5 atom stereocenters. The first-order valence-electron chi connectivity index (χ1n) is 16.0. The molecule has 0 amide bonds. The Kier molecular flexibility index (Phi) is 14.8. The Bertz CT molecular complexity index is 1770. The Balaban J connectivity index is 1.82. The van der Waals surface area contributed by atoms with E-state index in [2.05, 4.69) is 4.74 Å². The summed E-state index contributed by atoms with van der Waals surface area (Å²) in [5.74, 6) is -3.43. The van der Waals surface area contributed by atoms with Crippen LogP contribution >= 0.6 is 22.6 Å². The molecular weight excluding hydrogens is 834 g/mol. The molecule has 0 aliphatic carbocycles. The predicted octanol–water partition coefficient (Wildman–Crippen LogP) is 8.28. The van der Waals surface area contributed by atoms with Crippen molar-refractivity contribution < 1.29 is 68.6 Å². The second-order valence-electron chi connectivity index (χ2n) is 11.9. The fourth-order valence-electron chi connectivity index (χ4n) is 5.32. The van der Waals surface area contributed by atoms with Crippen LogP contribution in [0.15, 0.2) is 66.7 Å². The van der Waals surface area contributed by atoms with Crippen LogP contribution in [0.2, 0.25) is 0 Å². The Labute approximate surface area is 311 Å². The summed E-state index contributed by atoms with van der Waals surface area (Å²) in [6.45, 7) is 7.90. The molecule has 3 rings (SSSR count). The molecular formula is C35H37F5IO10S-. The monoisotopic (exact) mass is 871 g/mol. The zero-order chi connectivity index (χ0) is 39.0. The van der Waals surface area contributed by atoms with Crippen LogP contribution in [0, 0.1) is 9.49 Å². The average Bonchev–Trinajstić information content (AvgIpc) is 3.05. The normalized spacial score (nSPS) is 15.2. The second-order valence-corrected chi connectivity index (χ2v) is 14.5. The number of carbonyl (C=O) groups excluding carboxylic acids is 2. The van der Waals surface area contributed by atoms with Crippen LogP contribution in [0.3, 0.4) is 0 Å². The van der Waals surface area contributed by atoms with Gasteiger partial charge in [-0.05, 0) is 121 Å². The van der Waals surface area contributed by atoms with E-state index in [-0.39, 0.29) is 39.7 Å². The van der Waals surface area contributed by atoms with E-state index in [1.807, 2.05) is 38.1 Å². The zero-order valence-corrected chi connectivity index (χ0v) is 31.3. The van der Waals surface area contributed by atoms with Gasteiger partial charge in [-0.25, -0.2) is 13.2 Å². The van der Waals surface area contributed by atoms with Crippen molar-refractivity contribution in [2.75, 3.05) is 6.61 Å². The molecule has 0 fully saturated rings. The van der Waals surface area contributed by atoms with Gasteiger partial charge in [-0.2, -0.15) is 22.0 Å². The summed E-state index contributed by atoms with van der Waals surface area (Å²) >= 11 is 1.71. The van der Waals surface area contributed by atoms with Crippen LogP contribution in [-0.4, -0.2) is 60.4 Å². The van der Waals surface area contributed by atoms with Gasteiger partial charge in [0, 0.05) is 6.61 Å². The molecule has 286 valence electrons. The molecule has 0 bridgehead atoms. The van der Waals surface area contributed by atoms with Crippen molar-refractivity contribution >= 4 is 44.6 Å². The lowest BCUT2D eigenvalue weighted by molar-refractivity contribution is -0.248. The Morgan fingerprint density at radius 1 is 0.904 bits per heavy atom. The number of alkyl halides is 5. The molecule has 3 aromatic rings. The summed E-state index contributed by atoms with van der Waals surface area (Å²) in [5, 5.41) is 3.86. The fourth-order valence-corrected chi connectivity index (χ4v) is 6.21. The zero-order valence-electron chi connectivity index (χ0n) is 28.4. The molecule has 0 saturated heterocycles. The van der Waals surface area contributed by atoms with Gasteiger partial charge in [-0.3, -0.25) is 4.79 Å². The lowest BCUT2D eigenvalue weighted by Gasteiger charge is -2.29. The Morgan fingerprint density at radius 3 is 2.04 bits per heavy atom. The smallest absolute Gasteiger partial charge is 0.432 e. The first-order valence-corrected chi connectivity index (χ1v) is 18.5. The topological polar surface area (TPSA) is 148 Å². The lowest BCUT2D eigenvalue weighted by Crippen LogP contribution is -2.52. The highest BCUT2D eigenvalue weighted by atomic mass is 127. The number of phenols is 1. The third kappa shape index (κ3) is 11.5. The van der Waals surface area contributed by atoms with Gasteiger partial charge in [-0.15, -0.1) is 0 Å². The Hall–Kier alpha value is -3.55. The van der Waals surface area contributed by atoms with Gasteiger partial charge >= 0.3 is 23.4 Å². The molecule has 10 nitrogen and oxygen atoms in total. The molecule has 3 aromatic carbocycles. The number of phenolic OH excluding ortho intramolecular Hbond substituents is 1. The molecule has 0 heterocycles. The number of halogens is 6. The number of rotatable bonds is 17. The van der Waals surface area contributed by atoms with Crippen molar-refractivity contribution in [1.29, 1.82) is 0 Å². The van der Waals surface area contributed by atoms with Gasteiger partial charge in [0.05, 0.1) is 15.1 Å². The molecule has 0 aliphatic heterocycles. The number of ether oxygens (including phenoxy) is 4. The quantitative estimate of drug-likeness (QED) is 0.0351. The molecule has 52 heavy (non-hydrogen) atoms. The van der Waals surface area contributed by atoms with Crippen LogP contribution in [-0.2, 0) is 24.4 Å². The highest BCUT2D eigenvalue weighted by Crippen LogP contribution is 2.40. The van der Waals surface area contributed by atoms with E-state index in [0.29, 0.717) is 18.8 Å². The van der Waals surface area contributed by atoms with Crippen LogP contribution < -0.4 is 9.47 Å². The van der Waals surface area contributed by atoms with Gasteiger partial charge in [0.1, 0.15) is 17.2 Å². The SMILES string of the molecule is CCOC(C)Oc1ccc(C(C)CC(CC(CC)C(=O)Oc2cc(C(=O)OC(C(F)(F)F)C(F)(F)S(=O)(=O)[O-])ccc2I)c2ccc(O)cc2)cc1. The van der Waals surface area contributed by atoms with E-state index in [4.69, 9.17) is 14.2 Å². The minimum Gasteiger partial charge on any atom is -0.743 e. The first kappa shape index (κ1) is 42.9. The van der Waals surface area contributed by atoms with Gasteiger partial charge < -0.3 is 28.6 Å². The number of aromatic hydroxyl groups is 1. The molecule has 0 spiro atoms. The maximum atomic E-state index is 13.9. The highest BCUT2D eigenvalue weighted by molar-refractivity contribution is 14.1. The van der Waals surface area contributed by atoms with Crippen molar-refractivity contribution in [1.82, 2.24) is 0 Å². The fraction of sp³-hybridized carbons (Fsp3) is 0.429. The largest absolute Gasteiger partial charge is 0.743 e. The van der Waals surface area contributed by atoms with Gasteiger partial charge in [0.2, 0.25) is 0 Å². The summed E-state index contributed by atoms with van der Waals surface area (Å²) < 4.78 is 121. The van der Waals surface area contributed by atoms with Crippen molar-refractivity contribution in [3.8, 4) is 17.2 Å². The molecule has 5 unspecified atom stereocenters. The standard InChI is InChI=1S/C35H38F5IO10S/c1-5-22(18-26(24-7-12-27(42)13-8-24)17-20(3)23-9-14-28(15-10-23)49-21(4)48-6-2)31(43)50-30-19-25(11-16-29(30)41)32(44)51-33(34(36,37)38)35(39,40)52(45,46)47/h7-16,19-22,26,33,42H,5-6,17-18H2,1-4H3,(H,45,46,47)/p-1. The molecule has 0 aromatic heterocycles. The maximum absolute atomic E-state index is 13.9. The summed E-state index contributed by atoms with van der Waals surface area (Å²) in [7, 11) is -6.89. The summed E-state index contributed by atoms with van der Waals surface area (Å²) in [6, 6.07) is 16.9. The number of carbonyl (C=O) groups is 2. The number of benzene rings is 3. The predicted molar refractivity (Wildman–Crippen MR) is 185 cm³/mol. The molecule has 1 N–H and O–H groups in total. The van der Waals surface area contributed by atoms with Crippen molar-refractivity contribution in [2.45, 2.75) is 82.6 Å². The molecule has 17 heteroatoms. The van der Waals surface area contributed by atoms with E-state index in [1.165, 1.54) is 12.1 Å². The van der Waals surface area contributed by atoms with Gasteiger partial charge in [-0.1, -0.05) is 38.1 Å². The second kappa shape index (κ2) is 18.0. The molecule has 0 saturated carbocycles. The molecule has 0 aliphatic rings. The summed E-state index contributed by atoms with van der Waals surface area (Å²) in [5.41, 5.74) is 1.04. The number of hydrogen-bond acceptors (Lipinski definition) is 10. The number of esters is 2. The van der Waals surface area contributed by atoms with Crippen LogP contribution in [0.1, 0.15) is 80.3 Å². The Morgan fingerprint density at radius 2 is 1.50 bits per heavy atom. The highest BCUT2D eigenvalue weighted by Gasteiger charge is 2.63. The minimum absolute atomic E-state index is 0.0150. The summed E-state index contributed by atoms with van der Waals surface area (Å²) in [6.07, 6.45) is -10.0. The van der Waals surface area contributed by atoms with Crippen LogP contribution in [0.5, 0.6) is 17.2 Å². The maximum Gasteiger partial charge on any atom is 0.432 e. The first-order chi connectivity index (χ1) is 24.2. The summed E-state index contributed by atoms with van der Waals surface area (Å²) in [4.78, 5) is 26.0. The van der Waals surface area contributed by atoms with E-state index >= 15 is 0 Å². The van der Waals surface area contributed by atoms with Gasteiger partial charge in [0.15, 0.2) is 16.4 Å². The van der Waals surface area contributed by atoms with Gasteiger partial charge in [0.25, 0.3) is 6.10 Å². The van der Waals surface area contributed by atoms with E-state index in [0.717, 1.165) is 29.3 Å². The number of hydrogen-bond donors (Lipinski definition) is 1. The van der Waals surface area contributed by atoms with Crippen molar-refractivity contribution in [3.05, 3.63) is 87.0 Å². The van der Waals surface area contributed by atoms with Crippen LogP contribution in [0.25, 0.3) is 0 Å². The average molecular weight is 872 g/mol. The van der Waals surface area contributed by atoms with E-state index in [1.54, 1.807) is 48.6 Å².